The summed E-state index contributed by atoms with van der Waals surface area (Å²) in [5, 5.41) is 11.6. The number of non-ortho nitro benzene ring substituents is 1. The predicted molar refractivity (Wildman–Crippen MR) is 119 cm³/mol. The first-order valence-electron chi connectivity index (χ1n) is 9.46. The summed E-state index contributed by atoms with van der Waals surface area (Å²) in [5.74, 6) is 0.456. The third kappa shape index (κ3) is 3.63. The van der Waals surface area contributed by atoms with E-state index >= 15 is 0 Å². The van der Waals surface area contributed by atoms with Crippen LogP contribution in [0.15, 0.2) is 71.5 Å². The van der Waals surface area contributed by atoms with Crippen LogP contribution in [-0.4, -0.2) is 14.5 Å². The van der Waals surface area contributed by atoms with Gasteiger partial charge in [-0.05, 0) is 49.2 Å². The molecule has 0 aliphatic carbocycles. The lowest BCUT2D eigenvalue weighted by atomic mass is 10.1. The standard InChI is InChI=1S/C24H19N3O3/c1-16-10-12-22(17(2)14-16)26-23(25-21-9-4-3-8-20(21)24(26)28)13-11-18-6-5-7-19(15-18)27(29)30/h3-15H,1-2H3. The van der Waals surface area contributed by atoms with E-state index in [4.69, 9.17) is 4.98 Å². The largest absolute Gasteiger partial charge is 0.270 e. The number of aryl methyl sites for hydroxylation is 2. The van der Waals surface area contributed by atoms with Crippen LogP contribution in [0.2, 0.25) is 0 Å². The molecule has 0 unspecified atom stereocenters. The number of nitrogens with zero attached hydrogens (tertiary/aromatic N) is 3. The first-order valence-corrected chi connectivity index (χ1v) is 9.46. The van der Waals surface area contributed by atoms with Gasteiger partial charge in [-0.3, -0.25) is 19.5 Å². The summed E-state index contributed by atoms with van der Waals surface area (Å²) < 4.78 is 1.59. The molecule has 0 aliphatic heterocycles. The molecule has 6 nitrogen and oxygen atoms in total. The lowest BCUT2D eigenvalue weighted by molar-refractivity contribution is -0.384. The number of benzene rings is 3. The molecule has 0 amide bonds. The van der Waals surface area contributed by atoms with Crippen molar-refractivity contribution in [3.8, 4) is 5.69 Å². The molecule has 1 aromatic heterocycles. The van der Waals surface area contributed by atoms with Crippen LogP contribution < -0.4 is 5.56 Å². The topological polar surface area (TPSA) is 78.0 Å². The first kappa shape index (κ1) is 19.3. The number of aromatic nitrogens is 2. The summed E-state index contributed by atoms with van der Waals surface area (Å²) in [7, 11) is 0. The van der Waals surface area contributed by atoms with Crippen LogP contribution in [0.1, 0.15) is 22.5 Å². The molecule has 0 bridgehead atoms. The van der Waals surface area contributed by atoms with Crippen LogP contribution in [0, 0.1) is 24.0 Å². The molecule has 4 aromatic rings. The fraction of sp³-hybridized carbons (Fsp3) is 0.0833. The summed E-state index contributed by atoms with van der Waals surface area (Å²) in [6.45, 7) is 3.96. The molecular weight excluding hydrogens is 378 g/mol. The molecule has 0 spiro atoms. The number of para-hydroxylation sites is 1. The average Bonchev–Trinajstić information content (AvgIpc) is 2.73. The van der Waals surface area contributed by atoms with Crippen molar-refractivity contribution in [3.05, 3.63) is 110 Å². The Bertz CT molecular complexity index is 1370. The Hall–Kier alpha value is -4.06. The van der Waals surface area contributed by atoms with Gasteiger partial charge in [0.05, 0.1) is 21.5 Å². The lowest BCUT2D eigenvalue weighted by Gasteiger charge is -2.14. The Kier molecular flexibility index (Phi) is 4.98. The van der Waals surface area contributed by atoms with E-state index in [0.717, 1.165) is 16.8 Å². The van der Waals surface area contributed by atoms with Gasteiger partial charge in [-0.15, -0.1) is 0 Å². The van der Waals surface area contributed by atoms with Gasteiger partial charge in [0, 0.05) is 12.1 Å². The van der Waals surface area contributed by atoms with Gasteiger partial charge < -0.3 is 0 Å². The molecule has 0 atom stereocenters. The van der Waals surface area contributed by atoms with Gasteiger partial charge in [0.2, 0.25) is 0 Å². The molecule has 0 saturated heterocycles. The van der Waals surface area contributed by atoms with Crippen molar-refractivity contribution in [2.45, 2.75) is 13.8 Å². The minimum atomic E-state index is -0.433. The van der Waals surface area contributed by atoms with E-state index in [0.29, 0.717) is 22.3 Å². The van der Waals surface area contributed by atoms with Gasteiger partial charge in [-0.25, -0.2) is 4.98 Å². The number of rotatable bonds is 4. The van der Waals surface area contributed by atoms with Crippen molar-refractivity contribution in [1.29, 1.82) is 0 Å². The Morgan fingerprint density at radius 1 is 0.967 bits per heavy atom. The number of fused-ring (bicyclic) bond motifs is 1. The number of hydrogen-bond donors (Lipinski definition) is 0. The van der Waals surface area contributed by atoms with Crippen molar-refractivity contribution < 1.29 is 4.92 Å². The van der Waals surface area contributed by atoms with E-state index in [1.807, 2.05) is 44.2 Å². The van der Waals surface area contributed by atoms with E-state index in [-0.39, 0.29) is 11.2 Å². The third-order valence-corrected chi connectivity index (χ3v) is 4.90. The maximum atomic E-state index is 13.3. The molecule has 0 N–H and O–H groups in total. The fourth-order valence-electron chi connectivity index (χ4n) is 3.46. The van der Waals surface area contributed by atoms with E-state index in [2.05, 4.69) is 0 Å². The summed E-state index contributed by atoms with van der Waals surface area (Å²) in [5.41, 5.74) is 3.91. The monoisotopic (exact) mass is 397 g/mol. The molecule has 148 valence electrons. The smallest absolute Gasteiger partial charge is 0.268 e. The van der Waals surface area contributed by atoms with Gasteiger partial charge in [0.15, 0.2) is 0 Å². The maximum Gasteiger partial charge on any atom is 0.270 e. The number of hydrogen-bond acceptors (Lipinski definition) is 4. The second-order valence-electron chi connectivity index (χ2n) is 7.10. The van der Waals surface area contributed by atoms with Gasteiger partial charge in [0.25, 0.3) is 11.2 Å². The molecule has 0 fully saturated rings. The fourth-order valence-corrected chi connectivity index (χ4v) is 3.46. The second-order valence-corrected chi connectivity index (χ2v) is 7.10. The van der Waals surface area contributed by atoms with Crippen LogP contribution in [-0.2, 0) is 0 Å². The summed E-state index contributed by atoms with van der Waals surface area (Å²) in [6, 6.07) is 19.4. The molecule has 0 aliphatic rings. The Labute approximate surface area is 172 Å². The molecule has 0 radical (unpaired) electrons. The Morgan fingerprint density at radius 3 is 2.53 bits per heavy atom. The zero-order valence-electron chi connectivity index (χ0n) is 16.6. The quantitative estimate of drug-likeness (QED) is 0.355. The van der Waals surface area contributed by atoms with Crippen molar-refractivity contribution in [2.75, 3.05) is 0 Å². The molecule has 6 heteroatoms. The average molecular weight is 397 g/mol. The van der Waals surface area contributed by atoms with E-state index in [1.54, 1.807) is 41.0 Å². The second kappa shape index (κ2) is 7.75. The minimum absolute atomic E-state index is 0.00962. The van der Waals surface area contributed by atoms with Gasteiger partial charge >= 0.3 is 0 Å². The van der Waals surface area contributed by atoms with Crippen molar-refractivity contribution in [1.82, 2.24) is 9.55 Å². The molecule has 0 saturated carbocycles. The van der Waals surface area contributed by atoms with Crippen LogP contribution >= 0.6 is 0 Å². The SMILES string of the molecule is Cc1ccc(-n2c(C=Cc3cccc([N+](=O)[O-])c3)nc3ccccc3c2=O)c(C)c1. The van der Waals surface area contributed by atoms with E-state index < -0.39 is 4.92 Å². The van der Waals surface area contributed by atoms with Crippen molar-refractivity contribution in [2.24, 2.45) is 0 Å². The lowest BCUT2D eigenvalue weighted by Crippen LogP contribution is -2.23. The zero-order chi connectivity index (χ0) is 21.3. The van der Waals surface area contributed by atoms with Gasteiger partial charge in [0.1, 0.15) is 5.82 Å². The van der Waals surface area contributed by atoms with Crippen LogP contribution in [0.5, 0.6) is 0 Å². The highest BCUT2D eigenvalue weighted by atomic mass is 16.6. The minimum Gasteiger partial charge on any atom is -0.268 e. The van der Waals surface area contributed by atoms with Crippen molar-refractivity contribution in [3.63, 3.8) is 0 Å². The summed E-state index contributed by atoms with van der Waals surface area (Å²) in [4.78, 5) is 28.6. The van der Waals surface area contributed by atoms with Crippen LogP contribution in [0.25, 0.3) is 28.7 Å². The highest BCUT2D eigenvalue weighted by Crippen LogP contribution is 2.20. The first-order chi connectivity index (χ1) is 14.4. The van der Waals surface area contributed by atoms with Crippen molar-refractivity contribution >= 4 is 28.7 Å². The predicted octanol–water partition coefficient (Wildman–Crippen LogP) is 5.08. The highest BCUT2D eigenvalue weighted by Gasteiger charge is 2.13. The van der Waals surface area contributed by atoms with E-state index in [1.165, 1.54) is 12.1 Å². The molecule has 3 aromatic carbocycles. The molecule has 30 heavy (non-hydrogen) atoms. The third-order valence-electron chi connectivity index (χ3n) is 4.90. The van der Waals surface area contributed by atoms with Crippen LogP contribution in [0.4, 0.5) is 5.69 Å². The molecule has 4 rings (SSSR count). The van der Waals surface area contributed by atoms with E-state index in [9.17, 15) is 14.9 Å². The molecule has 1 heterocycles. The van der Waals surface area contributed by atoms with Gasteiger partial charge in [-0.1, -0.05) is 48.0 Å². The normalized spacial score (nSPS) is 11.3. The summed E-state index contributed by atoms with van der Waals surface area (Å²) in [6.07, 6.45) is 3.44. The zero-order valence-corrected chi connectivity index (χ0v) is 16.6. The Morgan fingerprint density at radius 2 is 1.77 bits per heavy atom. The highest BCUT2D eigenvalue weighted by molar-refractivity contribution is 5.80. The summed E-state index contributed by atoms with van der Waals surface area (Å²) >= 11 is 0. The number of nitro benzene ring substituents is 1. The Balaban J connectivity index is 1.93. The molecular formula is C24H19N3O3. The number of nitro groups is 1. The maximum absolute atomic E-state index is 13.3. The van der Waals surface area contributed by atoms with Gasteiger partial charge in [-0.2, -0.15) is 0 Å². The van der Waals surface area contributed by atoms with Crippen LogP contribution in [0.3, 0.4) is 0 Å².